The van der Waals surface area contributed by atoms with Crippen LogP contribution in [0.15, 0.2) is 48.5 Å². The van der Waals surface area contributed by atoms with Crippen molar-refractivity contribution >= 4 is 11.8 Å². The summed E-state index contributed by atoms with van der Waals surface area (Å²) in [4.78, 5) is 0. The maximum atomic E-state index is 6.06. The van der Waals surface area contributed by atoms with Crippen LogP contribution in [0.5, 0.6) is 0 Å². The third kappa shape index (κ3) is 1.74. The Hall–Kier alpha value is -2.02. The topological polar surface area (TPSA) is 26.0 Å². The lowest BCUT2D eigenvalue weighted by Crippen LogP contribution is -1.98. The Bertz CT molecular complexity index is 582. The molecule has 0 spiro atoms. The lowest BCUT2D eigenvalue weighted by molar-refractivity contribution is 0.986. The quantitative estimate of drug-likeness (QED) is 0.726. The van der Waals surface area contributed by atoms with Gasteiger partial charge in [0.1, 0.15) is 0 Å². The highest BCUT2D eigenvalue weighted by Crippen LogP contribution is 2.33. The van der Waals surface area contributed by atoms with Gasteiger partial charge >= 0.3 is 0 Å². The zero-order chi connectivity index (χ0) is 11.7. The summed E-state index contributed by atoms with van der Waals surface area (Å²) < 4.78 is 0. The average Bonchev–Trinajstić information content (AvgIpc) is 2.39. The van der Waals surface area contributed by atoms with Crippen molar-refractivity contribution in [2.45, 2.75) is 12.8 Å². The van der Waals surface area contributed by atoms with E-state index in [2.05, 4.69) is 36.4 Å². The summed E-state index contributed by atoms with van der Waals surface area (Å²) in [6.45, 7) is 0. The number of fused-ring (bicyclic) bond motifs is 1. The Morgan fingerprint density at radius 3 is 2.59 bits per heavy atom. The van der Waals surface area contributed by atoms with Crippen LogP contribution in [0.25, 0.3) is 17.2 Å². The van der Waals surface area contributed by atoms with Crippen LogP contribution in [0.2, 0.25) is 0 Å². The third-order valence-electron chi connectivity index (χ3n) is 3.31. The van der Waals surface area contributed by atoms with E-state index in [1.807, 2.05) is 18.2 Å². The van der Waals surface area contributed by atoms with Gasteiger partial charge in [0.2, 0.25) is 0 Å². The predicted octanol–water partition coefficient (Wildman–Crippen LogP) is 3.90. The SMILES string of the molecule is Nc1ccccc1-c1cccc2c1C=CCC2. The van der Waals surface area contributed by atoms with Gasteiger partial charge in [-0.15, -0.1) is 0 Å². The van der Waals surface area contributed by atoms with Gasteiger partial charge in [0.15, 0.2) is 0 Å². The van der Waals surface area contributed by atoms with Crippen molar-refractivity contribution in [2.75, 3.05) is 5.73 Å². The molecule has 0 radical (unpaired) electrons. The maximum Gasteiger partial charge on any atom is 0.0393 e. The molecule has 1 heteroatoms. The largest absolute Gasteiger partial charge is 0.398 e. The number of nitrogen functional groups attached to an aromatic ring is 1. The number of allylic oxidation sites excluding steroid dienone is 1. The molecule has 0 unspecified atom stereocenters. The Kier molecular flexibility index (Phi) is 2.45. The molecule has 0 fully saturated rings. The maximum absolute atomic E-state index is 6.06. The number of benzene rings is 2. The van der Waals surface area contributed by atoms with Crippen molar-refractivity contribution in [3.8, 4) is 11.1 Å². The van der Waals surface area contributed by atoms with Crippen molar-refractivity contribution < 1.29 is 0 Å². The zero-order valence-corrected chi connectivity index (χ0v) is 9.69. The standard InChI is InChI=1S/C16H15N/c17-16-11-4-3-9-15(16)14-10-5-7-12-6-1-2-8-13(12)14/h2-5,7-11H,1,6,17H2. The Morgan fingerprint density at radius 2 is 1.71 bits per heavy atom. The van der Waals surface area contributed by atoms with E-state index in [0.29, 0.717) is 0 Å². The molecule has 84 valence electrons. The van der Waals surface area contributed by atoms with E-state index in [-0.39, 0.29) is 0 Å². The number of para-hydroxylation sites is 1. The summed E-state index contributed by atoms with van der Waals surface area (Å²) in [7, 11) is 0. The van der Waals surface area contributed by atoms with Crippen LogP contribution < -0.4 is 5.73 Å². The predicted molar refractivity (Wildman–Crippen MR) is 73.6 cm³/mol. The fourth-order valence-electron chi connectivity index (χ4n) is 2.45. The summed E-state index contributed by atoms with van der Waals surface area (Å²) in [5.41, 5.74) is 12.0. The Morgan fingerprint density at radius 1 is 0.882 bits per heavy atom. The second-order valence-corrected chi connectivity index (χ2v) is 4.41. The molecule has 2 N–H and O–H groups in total. The van der Waals surface area contributed by atoms with Crippen molar-refractivity contribution in [3.63, 3.8) is 0 Å². The van der Waals surface area contributed by atoms with Crippen LogP contribution in [0.3, 0.4) is 0 Å². The molecule has 1 nitrogen and oxygen atoms in total. The van der Waals surface area contributed by atoms with Gasteiger partial charge in [-0.2, -0.15) is 0 Å². The number of rotatable bonds is 1. The zero-order valence-electron chi connectivity index (χ0n) is 9.69. The first kappa shape index (κ1) is 10.2. The van der Waals surface area contributed by atoms with E-state index >= 15 is 0 Å². The summed E-state index contributed by atoms with van der Waals surface area (Å²) >= 11 is 0. The molecule has 0 atom stereocenters. The summed E-state index contributed by atoms with van der Waals surface area (Å²) in [6.07, 6.45) is 6.73. The minimum atomic E-state index is 0.847. The molecule has 2 aromatic carbocycles. The highest BCUT2D eigenvalue weighted by Gasteiger charge is 2.11. The van der Waals surface area contributed by atoms with Gasteiger partial charge in [-0.25, -0.2) is 0 Å². The van der Waals surface area contributed by atoms with Gasteiger partial charge in [0, 0.05) is 11.3 Å². The van der Waals surface area contributed by atoms with Crippen molar-refractivity contribution in [2.24, 2.45) is 0 Å². The summed E-state index contributed by atoms with van der Waals surface area (Å²) in [6, 6.07) is 14.6. The number of nitrogens with two attached hydrogens (primary N) is 1. The number of hydrogen-bond donors (Lipinski definition) is 1. The summed E-state index contributed by atoms with van der Waals surface area (Å²) in [5, 5.41) is 0. The Labute approximate surface area is 102 Å². The fourth-order valence-corrected chi connectivity index (χ4v) is 2.45. The monoisotopic (exact) mass is 221 g/mol. The van der Waals surface area contributed by atoms with Gasteiger partial charge in [-0.3, -0.25) is 0 Å². The number of anilines is 1. The van der Waals surface area contributed by atoms with E-state index < -0.39 is 0 Å². The molecule has 0 aromatic heterocycles. The number of hydrogen-bond acceptors (Lipinski definition) is 1. The van der Waals surface area contributed by atoms with E-state index in [9.17, 15) is 0 Å². The van der Waals surface area contributed by atoms with Crippen molar-refractivity contribution in [1.82, 2.24) is 0 Å². The smallest absolute Gasteiger partial charge is 0.0393 e. The molecule has 1 aliphatic rings. The van der Waals surface area contributed by atoms with E-state index in [1.165, 1.54) is 16.7 Å². The van der Waals surface area contributed by atoms with Gasteiger partial charge in [0.05, 0.1) is 0 Å². The molecule has 0 saturated heterocycles. The van der Waals surface area contributed by atoms with Crippen molar-refractivity contribution in [3.05, 3.63) is 59.7 Å². The third-order valence-corrected chi connectivity index (χ3v) is 3.31. The first-order valence-corrected chi connectivity index (χ1v) is 5.99. The minimum absolute atomic E-state index is 0.847. The average molecular weight is 221 g/mol. The molecule has 0 saturated carbocycles. The van der Waals surface area contributed by atoms with Gasteiger partial charge < -0.3 is 5.73 Å². The minimum Gasteiger partial charge on any atom is -0.398 e. The molecule has 2 aromatic rings. The molecule has 17 heavy (non-hydrogen) atoms. The molecule has 0 heterocycles. The molecule has 0 bridgehead atoms. The summed E-state index contributed by atoms with van der Waals surface area (Å²) in [5.74, 6) is 0. The van der Waals surface area contributed by atoms with Crippen LogP contribution in [0.1, 0.15) is 17.5 Å². The lowest BCUT2D eigenvalue weighted by Gasteiger charge is -2.16. The Balaban J connectivity index is 2.23. The van der Waals surface area contributed by atoms with E-state index in [1.54, 1.807) is 0 Å². The van der Waals surface area contributed by atoms with Gasteiger partial charge in [-0.1, -0.05) is 48.6 Å². The molecule has 1 aliphatic carbocycles. The molecular weight excluding hydrogens is 206 g/mol. The first-order valence-electron chi connectivity index (χ1n) is 5.99. The van der Waals surface area contributed by atoms with Crippen LogP contribution in [-0.2, 0) is 6.42 Å². The van der Waals surface area contributed by atoms with Crippen LogP contribution >= 0.6 is 0 Å². The van der Waals surface area contributed by atoms with Crippen molar-refractivity contribution in [1.29, 1.82) is 0 Å². The second-order valence-electron chi connectivity index (χ2n) is 4.41. The van der Waals surface area contributed by atoms with E-state index in [0.717, 1.165) is 24.1 Å². The second kappa shape index (κ2) is 4.10. The first-order chi connectivity index (χ1) is 8.36. The van der Waals surface area contributed by atoms with Gasteiger partial charge in [0.25, 0.3) is 0 Å². The molecule has 3 rings (SSSR count). The molecule has 0 amide bonds. The normalized spacial score (nSPS) is 13.4. The van der Waals surface area contributed by atoms with E-state index in [4.69, 9.17) is 5.73 Å². The number of aryl methyl sites for hydroxylation is 1. The van der Waals surface area contributed by atoms with Gasteiger partial charge in [-0.05, 0) is 35.6 Å². The highest BCUT2D eigenvalue weighted by atomic mass is 14.6. The highest BCUT2D eigenvalue weighted by molar-refractivity contribution is 5.84. The molecule has 0 aliphatic heterocycles. The van der Waals surface area contributed by atoms with Crippen LogP contribution in [0, 0.1) is 0 Å². The fraction of sp³-hybridized carbons (Fsp3) is 0.125. The van der Waals surface area contributed by atoms with Crippen LogP contribution in [-0.4, -0.2) is 0 Å². The lowest BCUT2D eigenvalue weighted by atomic mass is 9.89. The molecular formula is C16H15N. The van der Waals surface area contributed by atoms with Crippen LogP contribution in [0.4, 0.5) is 5.69 Å².